The summed E-state index contributed by atoms with van der Waals surface area (Å²) in [5.74, 6) is 0.642. The van der Waals surface area contributed by atoms with Crippen LogP contribution in [0.25, 0.3) is 10.8 Å². The summed E-state index contributed by atoms with van der Waals surface area (Å²) >= 11 is 3.40. The van der Waals surface area contributed by atoms with E-state index in [0.717, 1.165) is 15.2 Å². The molecule has 0 saturated heterocycles. The van der Waals surface area contributed by atoms with Crippen molar-refractivity contribution < 1.29 is 9.53 Å². The average molecular weight is 341 g/mol. The number of hydrogen-bond donors (Lipinski definition) is 0. The third-order valence-electron chi connectivity index (χ3n) is 3.27. The molecule has 3 heteroatoms. The highest BCUT2D eigenvalue weighted by molar-refractivity contribution is 9.10. The van der Waals surface area contributed by atoms with Crippen LogP contribution in [0.3, 0.4) is 0 Å². The van der Waals surface area contributed by atoms with Gasteiger partial charge in [-0.05, 0) is 44.9 Å². The summed E-state index contributed by atoms with van der Waals surface area (Å²) in [6.07, 6.45) is 0. The van der Waals surface area contributed by atoms with Gasteiger partial charge in [-0.25, -0.2) is 0 Å². The summed E-state index contributed by atoms with van der Waals surface area (Å²) in [4.78, 5) is 12.2. The molecule has 0 aliphatic carbocycles. The van der Waals surface area contributed by atoms with Crippen molar-refractivity contribution in [1.82, 2.24) is 0 Å². The molecule has 0 aromatic heterocycles. The predicted molar refractivity (Wildman–Crippen MR) is 87.9 cm³/mol. The van der Waals surface area contributed by atoms with Crippen LogP contribution in [0.15, 0.2) is 71.2 Å². The zero-order chi connectivity index (χ0) is 14.7. The van der Waals surface area contributed by atoms with Crippen molar-refractivity contribution in [3.63, 3.8) is 0 Å². The summed E-state index contributed by atoms with van der Waals surface area (Å²) in [6.45, 7) is 0.0287. The number of ether oxygens (including phenoxy) is 1. The van der Waals surface area contributed by atoms with Gasteiger partial charge in [0.2, 0.25) is 0 Å². The van der Waals surface area contributed by atoms with E-state index in [1.54, 1.807) is 0 Å². The fraction of sp³-hybridized carbons (Fsp3) is 0.0556. The summed E-state index contributed by atoms with van der Waals surface area (Å²) in [7, 11) is 0. The van der Waals surface area contributed by atoms with E-state index in [0.29, 0.717) is 11.3 Å². The third-order valence-corrected chi connectivity index (χ3v) is 3.92. The van der Waals surface area contributed by atoms with Gasteiger partial charge in [-0.3, -0.25) is 4.79 Å². The molecule has 3 aromatic carbocycles. The Morgan fingerprint density at radius 2 is 1.62 bits per heavy atom. The van der Waals surface area contributed by atoms with Crippen LogP contribution in [0.5, 0.6) is 5.75 Å². The molecule has 21 heavy (non-hydrogen) atoms. The highest BCUT2D eigenvalue weighted by atomic mass is 79.9. The van der Waals surface area contributed by atoms with Gasteiger partial charge < -0.3 is 4.74 Å². The normalized spacial score (nSPS) is 10.5. The Hall–Kier alpha value is -2.13. The maximum Gasteiger partial charge on any atom is 0.200 e. The number of carbonyl (C=O) groups excluding carboxylic acids is 1. The zero-order valence-corrected chi connectivity index (χ0v) is 12.8. The van der Waals surface area contributed by atoms with Crippen molar-refractivity contribution >= 4 is 32.5 Å². The Kier molecular flexibility index (Phi) is 4.02. The second-order valence-corrected chi connectivity index (χ2v) is 5.56. The van der Waals surface area contributed by atoms with Gasteiger partial charge in [0.05, 0.1) is 4.47 Å². The van der Waals surface area contributed by atoms with Gasteiger partial charge in [-0.15, -0.1) is 0 Å². The molecule has 0 radical (unpaired) electrons. The molecule has 0 spiro atoms. The first-order valence-electron chi connectivity index (χ1n) is 6.63. The molecular formula is C18H13BrO2. The molecule has 3 aromatic rings. The van der Waals surface area contributed by atoms with Crippen LogP contribution in [-0.2, 0) is 0 Å². The molecule has 0 saturated carbocycles. The second-order valence-electron chi connectivity index (χ2n) is 4.70. The van der Waals surface area contributed by atoms with E-state index in [2.05, 4.69) is 15.9 Å². The molecule has 2 nitrogen and oxygen atoms in total. The topological polar surface area (TPSA) is 26.3 Å². The highest BCUT2D eigenvalue weighted by Crippen LogP contribution is 2.24. The minimum Gasteiger partial charge on any atom is -0.484 e. The first-order chi connectivity index (χ1) is 10.2. The molecule has 0 unspecified atom stereocenters. The lowest BCUT2D eigenvalue weighted by atomic mass is 10.0. The van der Waals surface area contributed by atoms with E-state index < -0.39 is 0 Å². The summed E-state index contributed by atoms with van der Waals surface area (Å²) < 4.78 is 6.41. The Bertz CT molecular complexity index is 796. The van der Waals surface area contributed by atoms with E-state index in [-0.39, 0.29) is 12.4 Å². The summed E-state index contributed by atoms with van der Waals surface area (Å²) in [5.41, 5.74) is 0.667. The van der Waals surface area contributed by atoms with Gasteiger partial charge in [0.15, 0.2) is 12.4 Å². The number of ketones is 1. The minimum absolute atomic E-state index is 0.0287. The predicted octanol–water partition coefficient (Wildman–Crippen LogP) is 4.86. The molecule has 0 N–H and O–H groups in total. The second kappa shape index (κ2) is 6.10. The van der Waals surface area contributed by atoms with E-state index in [1.165, 1.54) is 0 Å². The number of carbonyl (C=O) groups is 1. The van der Waals surface area contributed by atoms with Crippen LogP contribution in [0.4, 0.5) is 0 Å². The van der Waals surface area contributed by atoms with Crippen molar-refractivity contribution in [2.45, 2.75) is 0 Å². The van der Waals surface area contributed by atoms with Gasteiger partial charge in [0.25, 0.3) is 0 Å². The molecule has 0 fully saturated rings. The number of benzene rings is 3. The van der Waals surface area contributed by atoms with E-state index in [4.69, 9.17) is 4.74 Å². The first-order valence-corrected chi connectivity index (χ1v) is 7.43. The van der Waals surface area contributed by atoms with Gasteiger partial charge in [0.1, 0.15) is 5.75 Å². The van der Waals surface area contributed by atoms with Crippen molar-refractivity contribution in [3.8, 4) is 5.75 Å². The van der Waals surface area contributed by atoms with Crippen LogP contribution in [0.2, 0.25) is 0 Å². The Morgan fingerprint density at radius 1 is 0.905 bits per heavy atom. The maximum absolute atomic E-state index is 12.2. The van der Waals surface area contributed by atoms with Gasteiger partial charge in [0, 0.05) is 5.56 Å². The first kappa shape index (κ1) is 13.8. The quantitative estimate of drug-likeness (QED) is 0.633. The van der Waals surface area contributed by atoms with Crippen molar-refractivity contribution in [3.05, 3.63) is 76.8 Å². The number of halogens is 1. The highest BCUT2D eigenvalue weighted by Gasteiger charge is 2.08. The lowest BCUT2D eigenvalue weighted by molar-refractivity contribution is 0.0921. The van der Waals surface area contributed by atoms with Crippen molar-refractivity contribution in [2.24, 2.45) is 0 Å². The standard InChI is InChI=1S/C18H13BrO2/c19-16-7-3-4-8-18(16)21-12-17(20)15-10-9-13-5-1-2-6-14(13)11-15/h1-11H,12H2. The van der Waals surface area contributed by atoms with E-state index >= 15 is 0 Å². The smallest absolute Gasteiger partial charge is 0.200 e. The number of fused-ring (bicyclic) bond motifs is 1. The minimum atomic E-state index is -0.0310. The average Bonchev–Trinajstić information content (AvgIpc) is 2.53. The summed E-state index contributed by atoms with van der Waals surface area (Å²) in [5, 5.41) is 2.19. The zero-order valence-electron chi connectivity index (χ0n) is 11.3. The largest absolute Gasteiger partial charge is 0.484 e. The number of Topliss-reactive ketones (excluding diaryl/α,β-unsaturated/α-hetero) is 1. The van der Waals surface area contributed by atoms with Crippen LogP contribution < -0.4 is 4.74 Å². The molecule has 3 rings (SSSR count). The lowest BCUT2D eigenvalue weighted by Crippen LogP contribution is -2.11. The van der Waals surface area contributed by atoms with Crippen LogP contribution in [-0.4, -0.2) is 12.4 Å². The van der Waals surface area contributed by atoms with Gasteiger partial charge in [-0.2, -0.15) is 0 Å². The molecule has 104 valence electrons. The SMILES string of the molecule is O=C(COc1ccccc1Br)c1ccc2ccccc2c1. The Labute approximate surface area is 131 Å². The van der Waals surface area contributed by atoms with Crippen LogP contribution in [0, 0.1) is 0 Å². The number of rotatable bonds is 4. The molecule has 0 bridgehead atoms. The molecule has 0 aliphatic rings. The maximum atomic E-state index is 12.2. The monoisotopic (exact) mass is 340 g/mol. The number of para-hydroxylation sites is 1. The number of hydrogen-bond acceptors (Lipinski definition) is 2. The fourth-order valence-electron chi connectivity index (χ4n) is 2.15. The van der Waals surface area contributed by atoms with Gasteiger partial charge in [-0.1, -0.05) is 48.5 Å². The molecule has 0 aliphatic heterocycles. The van der Waals surface area contributed by atoms with Crippen LogP contribution in [0.1, 0.15) is 10.4 Å². The summed E-state index contributed by atoms with van der Waals surface area (Å²) in [6, 6.07) is 21.2. The molecule has 0 atom stereocenters. The third kappa shape index (κ3) is 3.14. The Morgan fingerprint density at radius 3 is 2.43 bits per heavy atom. The van der Waals surface area contributed by atoms with Gasteiger partial charge >= 0.3 is 0 Å². The fourth-order valence-corrected chi connectivity index (χ4v) is 2.55. The van der Waals surface area contributed by atoms with Crippen LogP contribution >= 0.6 is 15.9 Å². The van der Waals surface area contributed by atoms with Crippen molar-refractivity contribution in [2.75, 3.05) is 6.61 Å². The van der Waals surface area contributed by atoms with Crippen molar-refractivity contribution in [1.29, 1.82) is 0 Å². The molecule has 0 heterocycles. The molecule has 0 amide bonds. The van der Waals surface area contributed by atoms with E-state index in [9.17, 15) is 4.79 Å². The molecular weight excluding hydrogens is 328 g/mol. The Balaban J connectivity index is 1.76. The lowest BCUT2D eigenvalue weighted by Gasteiger charge is -2.08. The van der Waals surface area contributed by atoms with E-state index in [1.807, 2.05) is 66.7 Å².